The Balaban J connectivity index is 1.04. The van der Waals surface area contributed by atoms with E-state index in [9.17, 15) is 9.59 Å². The van der Waals surface area contributed by atoms with Crippen LogP contribution in [0.1, 0.15) is 53.8 Å². The Morgan fingerprint density at radius 1 is 1.09 bits per heavy atom. The monoisotopic (exact) mass is 605 g/mol. The molecule has 4 bridgehead atoms. The van der Waals surface area contributed by atoms with Crippen molar-refractivity contribution in [2.75, 3.05) is 39.1 Å². The lowest BCUT2D eigenvalue weighted by Gasteiger charge is -2.53. The summed E-state index contributed by atoms with van der Waals surface area (Å²) in [4.78, 5) is 28.8. The number of hydrazone groups is 1. The van der Waals surface area contributed by atoms with E-state index in [2.05, 4.69) is 36.1 Å². The number of carbonyl (C=O) groups is 2. The number of nitrogens with two attached hydrogens (primary N) is 1. The predicted octanol–water partition coefficient (Wildman–Crippen LogP) is 1.81. The summed E-state index contributed by atoms with van der Waals surface area (Å²) in [6, 6.07) is 5.14. The maximum absolute atomic E-state index is 13.4. The van der Waals surface area contributed by atoms with Crippen LogP contribution in [0, 0.1) is 29.6 Å². The first-order valence-electron chi connectivity index (χ1n) is 15.0. The van der Waals surface area contributed by atoms with Gasteiger partial charge in [0.25, 0.3) is 5.91 Å². The molecule has 1 aromatic carbocycles. The number of rotatable bonds is 9. The smallest absolute Gasteiger partial charge is 0.315 e. The van der Waals surface area contributed by atoms with Crippen LogP contribution in [0.3, 0.4) is 0 Å². The fraction of sp³-hybridized carbons (Fsp3) is 0.552. The van der Waals surface area contributed by atoms with Gasteiger partial charge in [-0.2, -0.15) is 9.78 Å². The number of nitrogens with zero attached hydrogens (tertiary/aromatic N) is 7. The molecule has 0 atom stereocenters. The molecule has 44 heavy (non-hydrogen) atoms. The fourth-order valence-corrected chi connectivity index (χ4v) is 7.66. The van der Waals surface area contributed by atoms with E-state index in [1.54, 1.807) is 18.2 Å². The number of anilines is 1. The second-order valence-corrected chi connectivity index (χ2v) is 12.1. The number of hydrogen-bond donors (Lipinski definition) is 2. The second-order valence-electron chi connectivity index (χ2n) is 12.1. The molecular formula is C29H35N9O6. The van der Waals surface area contributed by atoms with Crippen molar-refractivity contribution < 1.29 is 28.4 Å². The molecule has 4 aliphatic carbocycles. The van der Waals surface area contributed by atoms with Crippen molar-refractivity contribution >= 4 is 23.9 Å². The predicted molar refractivity (Wildman–Crippen MR) is 154 cm³/mol. The molecule has 5 aliphatic rings. The number of esters is 1. The molecule has 232 valence electrons. The second kappa shape index (κ2) is 12.0. The van der Waals surface area contributed by atoms with Crippen LogP contribution in [-0.2, 0) is 16.1 Å². The topological polar surface area (TPSA) is 185 Å². The number of aromatic nitrogens is 5. The van der Waals surface area contributed by atoms with Crippen LogP contribution in [0.5, 0.6) is 11.5 Å². The summed E-state index contributed by atoms with van der Waals surface area (Å²) in [5.74, 6) is 2.41. The SMILES string of the molecule is COc1cc(/C=N\NC(=O)c2c(CN3CCOCC3)nnn2-c2nonc2N)ccc1OC(=O)C1C2CC3CC(C2)CC1C3. The zero-order valence-corrected chi connectivity index (χ0v) is 24.4. The number of nitrogen functional groups attached to an aromatic ring is 1. The van der Waals surface area contributed by atoms with Crippen LogP contribution in [0.2, 0.25) is 0 Å². The quantitative estimate of drug-likeness (QED) is 0.156. The number of morpholine rings is 1. The van der Waals surface area contributed by atoms with E-state index >= 15 is 0 Å². The van der Waals surface area contributed by atoms with Crippen molar-refractivity contribution in [2.24, 2.45) is 34.7 Å². The van der Waals surface area contributed by atoms with Gasteiger partial charge in [0, 0.05) is 19.6 Å². The Kier molecular flexibility index (Phi) is 7.72. The molecule has 3 N–H and O–H groups in total. The molecule has 0 unspecified atom stereocenters. The van der Waals surface area contributed by atoms with E-state index in [1.807, 2.05) is 0 Å². The number of amides is 1. The summed E-state index contributed by atoms with van der Waals surface area (Å²) >= 11 is 0. The van der Waals surface area contributed by atoms with E-state index in [4.69, 9.17) is 24.6 Å². The van der Waals surface area contributed by atoms with Crippen molar-refractivity contribution in [2.45, 2.75) is 38.6 Å². The third-order valence-corrected chi connectivity index (χ3v) is 9.41. The largest absolute Gasteiger partial charge is 0.493 e. The Morgan fingerprint density at radius 3 is 2.52 bits per heavy atom. The van der Waals surface area contributed by atoms with Gasteiger partial charge in [-0.1, -0.05) is 5.21 Å². The Bertz CT molecular complexity index is 1530. The van der Waals surface area contributed by atoms with Gasteiger partial charge in [-0.3, -0.25) is 14.5 Å². The van der Waals surface area contributed by atoms with Gasteiger partial charge in [-0.25, -0.2) is 10.1 Å². The van der Waals surface area contributed by atoms with Gasteiger partial charge < -0.3 is 19.9 Å². The minimum atomic E-state index is -0.579. The van der Waals surface area contributed by atoms with Crippen LogP contribution in [0.4, 0.5) is 5.82 Å². The first kappa shape index (κ1) is 28.4. The molecule has 5 fully saturated rings. The lowest BCUT2D eigenvalue weighted by Crippen LogP contribution is -2.49. The standard InChI is InChI=1S/C29H35N9O6/c1-41-23-13-16(2-3-22(23)43-29(40)24-19-9-17-8-18(11-19)12-20(24)10-17)14-31-33-28(39)25-21(15-37-4-6-42-7-5-37)32-36-38(25)27-26(30)34-44-35-27/h2-3,13-14,17-20,24H,4-12,15H2,1H3,(H2,30,34)(H,33,39)/b31-14-. The van der Waals surface area contributed by atoms with Crippen molar-refractivity contribution in [1.29, 1.82) is 0 Å². The van der Waals surface area contributed by atoms with Crippen molar-refractivity contribution in [3.05, 3.63) is 35.2 Å². The maximum atomic E-state index is 13.4. The first-order valence-corrected chi connectivity index (χ1v) is 15.0. The lowest BCUT2D eigenvalue weighted by atomic mass is 9.52. The molecule has 0 spiro atoms. The number of methoxy groups -OCH3 is 1. The number of nitrogens with one attached hydrogen (secondary N) is 1. The van der Waals surface area contributed by atoms with Crippen LogP contribution < -0.4 is 20.6 Å². The summed E-state index contributed by atoms with van der Waals surface area (Å²) in [7, 11) is 1.52. The molecule has 15 nitrogen and oxygen atoms in total. The lowest BCUT2D eigenvalue weighted by molar-refractivity contribution is -0.152. The van der Waals surface area contributed by atoms with Gasteiger partial charge in [0.2, 0.25) is 11.6 Å². The summed E-state index contributed by atoms with van der Waals surface area (Å²) in [5.41, 5.74) is 9.53. The highest BCUT2D eigenvalue weighted by Crippen LogP contribution is 2.56. The van der Waals surface area contributed by atoms with Gasteiger partial charge >= 0.3 is 5.97 Å². The highest BCUT2D eigenvalue weighted by Gasteiger charge is 2.51. The summed E-state index contributed by atoms with van der Waals surface area (Å²) in [5, 5.41) is 19.8. The number of benzene rings is 1. The van der Waals surface area contributed by atoms with E-state index in [0.29, 0.717) is 67.4 Å². The summed E-state index contributed by atoms with van der Waals surface area (Å²) in [6.45, 7) is 2.92. The van der Waals surface area contributed by atoms with Gasteiger partial charge in [-0.05, 0) is 89.9 Å². The number of ether oxygens (including phenoxy) is 3. The average Bonchev–Trinajstić information content (AvgIpc) is 3.63. The van der Waals surface area contributed by atoms with E-state index in [1.165, 1.54) is 24.4 Å². The summed E-state index contributed by atoms with van der Waals surface area (Å²) < 4.78 is 22.8. The highest BCUT2D eigenvalue weighted by atomic mass is 16.6. The summed E-state index contributed by atoms with van der Waals surface area (Å²) in [6.07, 6.45) is 7.35. The molecule has 3 aromatic rings. The van der Waals surface area contributed by atoms with E-state index < -0.39 is 5.91 Å². The van der Waals surface area contributed by atoms with E-state index in [0.717, 1.165) is 37.5 Å². The van der Waals surface area contributed by atoms with Crippen LogP contribution in [0.15, 0.2) is 27.9 Å². The molecule has 3 heterocycles. The van der Waals surface area contributed by atoms with Gasteiger partial charge in [-0.15, -0.1) is 5.10 Å². The minimum Gasteiger partial charge on any atom is -0.493 e. The highest BCUT2D eigenvalue weighted by molar-refractivity contribution is 5.95. The molecule has 8 rings (SSSR count). The Labute approximate surface area is 253 Å². The number of hydrogen-bond acceptors (Lipinski definition) is 13. The van der Waals surface area contributed by atoms with E-state index in [-0.39, 0.29) is 29.2 Å². The molecular weight excluding hydrogens is 570 g/mol. The average molecular weight is 606 g/mol. The molecule has 4 saturated carbocycles. The minimum absolute atomic E-state index is 0.0385. The van der Waals surface area contributed by atoms with Gasteiger partial charge in [0.05, 0.1) is 32.5 Å². The maximum Gasteiger partial charge on any atom is 0.315 e. The van der Waals surface area contributed by atoms with Gasteiger partial charge in [0.1, 0.15) is 5.69 Å². The molecule has 0 radical (unpaired) electrons. The third kappa shape index (κ3) is 5.52. The molecule has 1 saturated heterocycles. The van der Waals surface area contributed by atoms with Gasteiger partial charge in [0.15, 0.2) is 17.2 Å². The van der Waals surface area contributed by atoms with Crippen molar-refractivity contribution in [1.82, 2.24) is 35.6 Å². The molecule has 1 aliphatic heterocycles. The van der Waals surface area contributed by atoms with Crippen LogP contribution in [0.25, 0.3) is 5.82 Å². The molecule has 15 heteroatoms. The number of carbonyl (C=O) groups excluding carboxylic acids is 2. The van der Waals surface area contributed by atoms with Crippen molar-refractivity contribution in [3.63, 3.8) is 0 Å². The normalized spacial score (nSPS) is 26.2. The molecule has 1 amide bonds. The molecule has 2 aromatic heterocycles. The van der Waals surface area contributed by atoms with Crippen LogP contribution >= 0.6 is 0 Å². The first-order chi connectivity index (χ1) is 21.5. The zero-order chi connectivity index (χ0) is 30.2. The zero-order valence-electron chi connectivity index (χ0n) is 24.4. The third-order valence-electron chi connectivity index (χ3n) is 9.41. The van der Waals surface area contributed by atoms with Crippen LogP contribution in [-0.4, -0.2) is 81.7 Å². The Morgan fingerprint density at radius 2 is 1.84 bits per heavy atom. The van der Waals surface area contributed by atoms with Crippen molar-refractivity contribution in [3.8, 4) is 17.3 Å². The Hall–Kier alpha value is -4.37. The fourth-order valence-electron chi connectivity index (χ4n) is 7.66.